The lowest BCUT2D eigenvalue weighted by atomic mass is 9.80. The molecule has 5 nitrogen and oxygen atoms in total. The molecule has 1 aliphatic carbocycles. The Hall–Kier alpha value is -1.09. The Morgan fingerprint density at radius 1 is 1.30 bits per heavy atom. The maximum Gasteiger partial charge on any atom is 0.223 e. The number of nitrogens with zero attached hydrogens (tertiary/aromatic N) is 3. The summed E-state index contributed by atoms with van der Waals surface area (Å²) in [7, 11) is -1.79. The van der Waals surface area contributed by atoms with Crippen LogP contribution in [0.25, 0.3) is 10.6 Å². The molecule has 0 bridgehead atoms. The fourth-order valence-electron chi connectivity index (χ4n) is 4.46. The number of likely N-dealkylation sites (tertiary alicyclic amines) is 1. The van der Waals surface area contributed by atoms with E-state index in [-0.39, 0.29) is 16.4 Å². The van der Waals surface area contributed by atoms with Crippen molar-refractivity contribution in [3.05, 3.63) is 33.2 Å². The molecule has 1 atom stereocenters. The number of aromatic nitrogens is 2. The Balaban J connectivity index is 1.50. The smallest absolute Gasteiger partial charge is 0.223 e. The number of hydrogen-bond acceptors (Lipinski definition) is 5. The van der Waals surface area contributed by atoms with Gasteiger partial charge in [-0.2, -0.15) is 0 Å². The molecule has 0 saturated carbocycles. The van der Waals surface area contributed by atoms with Gasteiger partial charge in [-0.25, -0.2) is 0 Å². The molecule has 2 heterocycles. The number of carbonyl (C=O) groups excluding carboxylic acids is 1. The summed E-state index contributed by atoms with van der Waals surface area (Å²) in [6.07, 6.45) is 2.61. The van der Waals surface area contributed by atoms with E-state index in [4.69, 9.17) is 4.43 Å². The van der Waals surface area contributed by atoms with Crippen LogP contribution in [0.3, 0.4) is 0 Å². The van der Waals surface area contributed by atoms with Gasteiger partial charge in [0.25, 0.3) is 0 Å². The molecule has 0 radical (unpaired) electrons. The van der Waals surface area contributed by atoms with Crippen molar-refractivity contribution < 1.29 is 9.22 Å². The molecule has 1 unspecified atom stereocenters. The van der Waals surface area contributed by atoms with Crippen molar-refractivity contribution in [2.75, 3.05) is 19.7 Å². The molecular weight excluding hydrogens is 478 g/mol. The van der Waals surface area contributed by atoms with Crippen LogP contribution in [0.5, 0.6) is 0 Å². The molecule has 30 heavy (non-hydrogen) atoms. The van der Waals surface area contributed by atoms with E-state index in [1.165, 1.54) is 16.7 Å². The molecule has 8 heteroatoms. The number of halogens is 1. The quantitative estimate of drug-likeness (QED) is 0.507. The van der Waals surface area contributed by atoms with Gasteiger partial charge in [-0.15, -0.1) is 10.2 Å². The lowest BCUT2D eigenvalue weighted by molar-refractivity contribution is -0.128. The molecule has 4 rings (SSSR count). The number of fused-ring (bicyclic) bond motifs is 2. The van der Waals surface area contributed by atoms with Gasteiger partial charge >= 0.3 is 0 Å². The zero-order valence-corrected chi connectivity index (χ0v) is 21.8. The monoisotopic (exact) mass is 507 g/mol. The van der Waals surface area contributed by atoms with Crippen molar-refractivity contribution in [3.8, 4) is 10.6 Å². The summed E-state index contributed by atoms with van der Waals surface area (Å²) < 4.78 is 7.13. The van der Waals surface area contributed by atoms with Gasteiger partial charge in [0.1, 0.15) is 5.01 Å². The summed E-state index contributed by atoms with van der Waals surface area (Å²) in [6.45, 7) is 13.4. The van der Waals surface area contributed by atoms with Gasteiger partial charge in [-0.1, -0.05) is 50.3 Å². The zero-order chi connectivity index (χ0) is 21.7. The normalized spacial score (nSPS) is 21.7. The van der Waals surface area contributed by atoms with E-state index in [0.717, 1.165) is 28.3 Å². The van der Waals surface area contributed by atoms with Crippen LogP contribution in [-0.4, -0.2) is 49.0 Å². The Morgan fingerprint density at radius 2 is 2.07 bits per heavy atom. The average Bonchev–Trinajstić information content (AvgIpc) is 3.33. The van der Waals surface area contributed by atoms with Crippen LogP contribution in [0.15, 0.2) is 22.1 Å². The largest absolute Gasteiger partial charge is 0.415 e. The lowest BCUT2D eigenvalue weighted by Crippen LogP contribution is -2.43. The Kier molecular flexibility index (Phi) is 5.75. The standard InChI is InChI=1S/C22H30BrN3O2SSi/c1-21(2,3)30(4,5)28-12-11-26-14-22(13-18(26)27)10-9-15-16(7-6-8-17(15)22)19-24-25-20(23)29-19/h6-8H,9-14H2,1-5H3. The minimum atomic E-state index is -1.79. The Bertz CT molecular complexity index is 972. The van der Waals surface area contributed by atoms with E-state index in [9.17, 15) is 4.79 Å². The van der Waals surface area contributed by atoms with Crippen LogP contribution < -0.4 is 0 Å². The topological polar surface area (TPSA) is 55.3 Å². The highest BCUT2D eigenvalue weighted by molar-refractivity contribution is 9.11. The molecule has 2 aliphatic rings. The third-order valence-electron chi connectivity index (χ3n) is 7.20. The van der Waals surface area contributed by atoms with Gasteiger partial charge in [-0.05, 0) is 58.0 Å². The molecule has 1 amide bonds. The van der Waals surface area contributed by atoms with Gasteiger partial charge in [0.2, 0.25) is 5.91 Å². The highest BCUT2D eigenvalue weighted by Crippen LogP contribution is 2.49. The van der Waals surface area contributed by atoms with Crippen LogP contribution >= 0.6 is 27.3 Å². The predicted octanol–water partition coefficient (Wildman–Crippen LogP) is 5.41. The van der Waals surface area contributed by atoms with Crippen LogP contribution in [0, 0.1) is 0 Å². The molecule has 162 valence electrons. The van der Waals surface area contributed by atoms with Crippen molar-refractivity contribution in [2.24, 2.45) is 0 Å². The van der Waals surface area contributed by atoms with E-state index in [2.05, 4.69) is 78.2 Å². The van der Waals surface area contributed by atoms with Crippen molar-refractivity contribution in [1.29, 1.82) is 0 Å². The minimum absolute atomic E-state index is 0.0681. The number of hydrogen-bond donors (Lipinski definition) is 0. The first-order chi connectivity index (χ1) is 14.0. The summed E-state index contributed by atoms with van der Waals surface area (Å²) in [4.78, 5) is 14.9. The van der Waals surface area contributed by atoms with Crippen LogP contribution in [-0.2, 0) is 21.1 Å². The summed E-state index contributed by atoms with van der Waals surface area (Å²) in [5.41, 5.74) is 3.77. The number of rotatable bonds is 5. The summed E-state index contributed by atoms with van der Waals surface area (Å²) in [5.74, 6) is 0.255. The number of carbonyl (C=O) groups is 1. The second kappa shape index (κ2) is 7.80. The van der Waals surface area contributed by atoms with E-state index >= 15 is 0 Å². The summed E-state index contributed by atoms with van der Waals surface area (Å²) in [6, 6.07) is 6.45. The van der Waals surface area contributed by atoms with Gasteiger partial charge in [0.15, 0.2) is 12.2 Å². The predicted molar refractivity (Wildman–Crippen MR) is 127 cm³/mol. The highest BCUT2D eigenvalue weighted by atomic mass is 79.9. The second-order valence-electron chi connectivity index (χ2n) is 10.1. The molecule has 1 saturated heterocycles. The minimum Gasteiger partial charge on any atom is -0.415 e. The molecule has 0 N–H and O–H groups in total. The van der Waals surface area contributed by atoms with Crippen molar-refractivity contribution in [2.45, 2.75) is 63.6 Å². The van der Waals surface area contributed by atoms with E-state index < -0.39 is 8.32 Å². The third kappa shape index (κ3) is 3.92. The first-order valence-electron chi connectivity index (χ1n) is 10.6. The van der Waals surface area contributed by atoms with Crippen LogP contribution in [0.4, 0.5) is 0 Å². The van der Waals surface area contributed by atoms with Gasteiger partial charge in [-0.3, -0.25) is 4.79 Å². The van der Waals surface area contributed by atoms with Gasteiger partial charge in [0.05, 0.1) is 6.61 Å². The van der Waals surface area contributed by atoms with Crippen molar-refractivity contribution >= 4 is 41.5 Å². The first kappa shape index (κ1) is 22.1. The molecule has 1 fully saturated rings. The summed E-state index contributed by atoms with van der Waals surface area (Å²) in [5, 5.41) is 9.57. The number of benzene rings is 1. The van der Waals surface area contributed by atoms with Gasteiger partial charge in [0, 0.05) is 30.5 Å². The van der Waals surface area contributed by atoms with Gasteiger partial charge < -0.3 is 9.33 Å². The van der Waals surface area contributed by atoms with Crippen molar-refractivity contribution in [3.63, 3.8) is 0 Å². The third-order valence-corrected chi connectivity index (χ3v) is 13.1. The lowest BCUT2D eigenvalue weighted by Gasteiger charge is -2.36. The maximum absolute atomic E-state index is 12.9. The van der Waals surface area contributed by atoms with E-state index in [0.29, 0.717) is 19.6 Å². The molecule has 1 aromatic carbocycles. The zero-order valence-electron chi connectivity index (χ0n) is 18.4. The Morgan fingerprint density at radius 3 is 2.73 bits per heavy atom. The summed E-state index contributed by atoms with van der Waals surface area (Å²) >= 11 is 4.98. The van der Waals surface area contributed by atoms with Crippen molar-refractivity contribution in [1.82, 2.24) is 15.1 Å². The SMILES string of the molecule is CC(C)(C)[Si](C)(C)OCCN1CC2(CCc3c(-c4nnc(Br)s4)cccc32)CC1=O. The van der Waals surface area contributed by atoms with Crippen LogP contribution in [0.1, 0.15) is 44.7 Å². The molecule has 1 aromatic heterocycles. The highest BCUT2D eigenvalue weighted by Gasteiger charge is 2.48. The van der Waals surface area contributed by atoms with Crippen LogP contribution in [0.2, 0.25) is 18.1 Å². The maximum atomic E-state index is 12.9. The van der Waals surface area contributed by atoms with E-state index in [1.807, 2.05) is 4.90 Å². The fraction of sp³-hybridized carbons (Fsp3) is 0.591. The molecule has 1 spiro atoms. The average molecular weight is 509 g/mol. The fourth-order valence-corrected chi connectivity index (χ4v) is 6.65. The first-order valence-corrected chi connectivity index (χ1v) is 15.1. The molecule has 1 aliphatic heterocycles. The molecular formula is C22H30BrN3O2SSi. The second-order valence-corrected chi connectivity index (χ2v) is 17.1. The number of amides is 1. The molecule has 2 aromatic rings. The van der Waals surface area contributed by atoms with E-state index in [1.54, 1.807) is 11.3 Å². The Labute approximate surface area is 192 Å².